The zero-order valence-electron chi connectivity index (χ0n) is 15.3. The molecule has 3 aromatic rings. The van der Waals surface area contributed by atoms with Gasteiger partial charge in [-0.1, -0.05) is 11.8 Å². The number of nitrogen functional groups attached to an aromatic ring is 1. The van der Waals surface area contributed by atoms with Gasteiger partial charge in [0.1, 0.15) is 0 Å². The molecule has 0 aliphatic rings. The lowest BCUT2D eigenvalue weighted by molar-refractivity contribution is -0.113. The van der Waals surface area contributed by atoms with Crippen LogP contribution >= 0.6 is 11.8 Å². The first-order valence-corrected chi connectivity index (χ1v) is 9.63. The van der Waals surface area contributed by atoms with Crippen molar-refractivity contribution in [2.24, 2.45) is 0 Å². The zero-order valence-corrected chi connectivity index (χ0v) is 16.1. The zero-order chi connectivity index (χ0) is 19.2. The quantitative estimate of drug-likeness (QED) is 0.453. The molecule has 0 aliphatic carbocycles. The van der Waals surface area contributed by atoms with Crippen LogP contribution < -0.4 is 16.1 Å². The van der Waals surface area contributed by atoms with E-state index in [-0.39, 0.29) is 11.7 Å². The van der Waals surface area contributed by atoms with Crippen LogP contribution in [0.1, 0.15) is 13.8 Å². The average Bonchev–Trinajstić information content (AvgIpc) is 3.32. The second-order valence-corrected chi connectivity index (χ2v) is 6.65. The first-order valence-electron chi connectivity index (χ1n) is 8.64. The van der Waals surface area contributed by atoms with E-state index in [1.165, 1.54) is 22.7 Å². The molecule has 0 spiro atoms. The summed E-state index contributed by atoms with van der Waals surface area (Å²) in [4.78, 5) is 14.4. The smallest absolute Gasteiger partial charge is 0.234 e. The lowest BCUT2D eigenvalue weighted by atomic mass is 10.2. The Balaban J connectivity index is 1.56. The summed E-state index contributed by atoms with van der Waals surface area (Å²) in [5, 5.41) is 11.3. The maximum Gasteiger partial charge on any atom is 0.234 e. The summed E-state index contributed by atoms with van der Waals surface area (Å²) in [5.41, 5.74) is 1.89. The Bertz CT molecular complexity index is 872. The predicted molar refractivity (Wildman–Crippen MR) is 107 cm³/mol. The van der Waals surface area contributed by atoms with E-state index in [1.54, 1.807) is 12.1 Å². The molecule has 3 rings (SSSR count). The van der Waals surface area contributed by atoms with Crippen LogP contribution in [0.4, 0.5) is 11.4 Å². The van der Waals surface area contributed by atoms with Gasteiger partial charge < -0.3 is 20.5 Å². The van der Waals surface area contributed by atoms with Crippen molar-refractivity contribution in [3.8, 4) is 11.6 Å². The van der Waals surface area contributed by atoms with Crippen molar-refractivity contribution in [3.05, 3.63) is 42.7 Å². The van der Waals surface area contributed by atoms with Crippen LogP contribution in [0.5, 0.6) is 0 Å². The van der Waals surface area contributed by atoms with Crippen molar-refractivity contribution in [2.75, 3.05) is 34.9 Å². The first kappa shape index (κ1) is 18.8. The Labute approximate surface area is 161 Å². The van der Waals surface area contributed by atoms with Gasteiger partial charge in [-0.2, -0.15) is 0 Å². The fourth-order valence-corrected chi connectivity index (χ4v) is 3.28. The number of anilines is 2. The van der Waals surface area contributed by atoms with Crippen molar-refractivity contribution in [1.29, 1.82) is 0 Å². The highest BCUT2D eigenvalue weighted by Gasteiger charge is 2.15. The molecule has 0 aliphatic heterocycles. The van der Waals surface area contributed by atoms with E-state index in [1.807, 2.05) is 24.3 Å². The van der Waals surface area contributed by atoms with Gasteiger partial charge in [0.2, 0.25) is 16.9 Å². The molecular weight excluding hydrogens is 364 g/mol. The highest BCUT2D eigenvalue weighted by molar-refractivity contribution is 7.99. The summed E-state index contributed by atoms with van der Waals surface area (Å²) >= 11 is 1.21. The number of aromatic nitrogens is 3. The number of nitrogens with one attached hydrogen (secondary N) is 1. The van der Waals surface area contributed by atoms with Crippen molar-refractivity contribution in [3.63, 3.8) is 0 Å². The minimum Gasteiger partial charge on any atom is -0.461 e. The van der Waals surface area contributed by atoms with E-state index in [0.717, 1.165) is 24.5 Å². The summed E-state index contributed by atoms with van der Waals surface area (Å²) in [6.07, 6.45) is 1.54. The highest BCUT2D eigenvalue weighted by Crippen LogP contribution is 2.22. The van der Waals surface area contributed by atoms with E-state index < -0.39 is 0 Å². The molecule has 1 aromatic carbocycles. The number of hydrogen-bond acceptors (Lipinski definition) is 7. The minimum atomic E-state index is -0.141. The topological polar surface area (TPSA) is 102 Å². The van der Waals surface area contributed by atoms with Crippen molar-refractivity contribution in [2.45, 2.75) is 19.0 Å². The maximum atomic E-state index is 12.2. The number of nitrogens with two attached hydrogens (primary N) is 1. The number of furan rings is 1. The summed E-state index contributed by atoms with van der Waals surface area (Å²) in [5.74, 6) is 6.95. The third-order valence-corrected chi connectivity index (χ3v) is 4.96. The van der Waals surface area contributed by atoms with Gasteiger partial charge in [0.25, 0.3) is 0 Å². The molecule has 3 N–H and O–H groups in total. The summed E-state index contributed by atoms with van der Waals surface area (Å²) < 4.78 is 6.58. The molecule has 142 valence electrons. The number of nitrogens with zero attached hydrogens (tertiary/aromatic N) is 4. The Morgan fingerprint density at radius 3 is 2.59 bits per heavy atom. The number of hydrogen-bond donors (Lipinski definition) is 2. The monoisotopic (exact) mass is 386 g/mol. The van der Waals surface area contributed by atoms with Crippen LogP contribution in [0.2, 0.25) is 0 Å². The van der Waals surface area contributed by atoms with Gasteiger partial charge in [0.15, 0.2) is 5.76 Å². The van der Waals surface area contributed by atoms with Crippen LogP contribution in [-0.2, 0) is 4.79 Å². The first-order chi connectivity index (χ1) is 13.1. The Kier molecular flexibility index (Phi) is 6.02. The Morgan fingerprint density at radius 2 is 1.96 bits per heavy atom. The molecule has 0 fully saturated rings. The average molecular weight is 386 g/mol. The van der Waals surface area contributed by atoms with Gasteiger partial charge in [0.05, 0.1) is 12.0 Å². The second-order valence-electron chi connectivity index (χ2n) is 5.71. The molecule has 9 heteroatoms. The molecular formula is C18H22N6O2S. The van der Waals surface area contributed by atoms with Crippen LogP contribution in [-0.4, -0.2) is 39.6 Å². The van der Waals surface area contributed by atoms with E-state index in [9.17, 15) is 4.79 Å². The number of amides is 1. The molecule has 2 heterocycles. The minimum absolute atomic E-state index is 0.141. The van der Waals surface area contributed by atoms with Gasteiger partial charge in [-0.25, -0.2) is 4.68 Å². The van der Waals surface area contributed by atoms with Crippen molar-refractivity contribution < 1.29 is 9.21 Å². The lowest BCUT2D eigenvalue weighted by Crippen LogP contribution is -2.21. The normalized spacial score (nSPS) is 10.7. The molecule has 27 heavy (non-hydrogen) atoms. The largest absolute Gasteiger partial charge is 0.461 e. The molecule has 0 bridgehead atoms. The Hall–Kier alpha value is -2.94. The van der Waals surface area contributed by atoms with Crippen LogP contribution in [0.15, 0.2) is 52.2 Å². The number of rotatable bonds is 8. The standard InChI is InChI=1S/C18H22N6O2S/c1-3-23(4-2)14-9-7-13(8-10-14)20-16(25)12-27-18-22-21-17(24(18)19)15-6-5-11-26-15/h5-11H,3-4,12,19H2,1-2H3,(H,20,25). The molecule has 0 radical (unpaired) electrons. The fraction of sp³-hybridized carbons (Fsp3) is 0.278. The molecule has 0 saturated carbocycles. The maximum absolute atomic E-state index is 12.2. The van der Waals surface area contributed by atoms with Crippen molar-refractivity contribution >= 4 is 29.0 Å². The molecule has 8 nitrogen and oxygen atoms in total. The summed E-state index contributed by atoms with van der Waals surface area (Å²) in [6.45, 7) is 6.12. The molecule has 2 aromatic heterocycles. The Morgan fingerprint density at radius 1 is 1.22 bits per heavy atom. The summed E-state index contributed by atoms with van der Waals surface area (Å²) in [7, 11) is 0. The van der Waals surface area contributed by atoms with E-state index in [0.29, 0.717) is 16.7 Å². The van der Waals surface area contributed by atoms with Gasteiger partial charge in [-0.15, -0.1) is 10.2 Å². The third-order valence-electron chi connectivity index (χ3n) is 4.02. The van der Waals surface area contributed by atoms with Gasteiger partial charge in [-0.05, 0) is 50.2 Å². The highest BCUT2D eigenvalue weighted by atomic mass is 32.2. The van der Waals surface area contributed by atoms with Gasteiger partial charge in [0, 0.05) is 24.5 Å². The van der Waals surface area contributed by atoms with Gasteiger partial charge >= 0.3 is 0 Å². The van der Waals surface area contributed by atoms with Crippen LogP contribution in [0.3, 0.4) is 0 Å². The van der Waals surface area contributed by atoms with Crippen LogP contribution in [0.25, 0.3) is 11.6 Å². The van der Waals surface area contributed by atoms with Crippen LogP contribution in [0, 0.1) is 0 Å². The number of benzene rings is 1. The van der Waals surface area contributed by atoms with E-state index in [4.69, 9.17) is 10.3 Å². The van der Waals surface area contributed by atoms with Gasteiger partial charge in [-0.3, -0.25) is 4.79 Å². The lowest BCUT2D eigenvalue weighted by Gasteiger charge is -2.21. The van der Waals surface area contributed by atoms with Crippen molar-refractivity contribution in [1.82, 2.24) is 14.9 Å². The molecule has 0 saturated heterocycles. The third kappa shape index (κ3) is 4.43. The molecule has 1 amide bonds. The number of carbonyl (C=O) groups is 1. The molecule has 0 unspecified atom stereocenters. The number of thioether (sulfide) groups is 1. The summed E-state index contributed by atoms with van der Waals surface area (Å²) in [6, 6.07) is 11.3. The van der Waals surface area contributed by atoms with E-state index in [2.05, 4.69) is 34.3 Å². The number of carbonyl (C=O) groups excluding carboxylic acids is 1. The SMILES string of the molecule is CCN(CC)c1ccc(NC(=O)CSc2nnc(-c3ccco3)n2N)cc1. The predicted octanol–water partition coefficient (Wildman–Crippen LogP) is 2.83. The second kappa shape index (κ2) is 8.63. The fourth-order valence-electron chi connectivity index (χ4n) is 2.62. The van der Waals surface area contributed by atoms with E-state index >= 15 is 0 Å². The molecule has 0 atom stereocenters.